The normalized spacial score (nSPS) is 30.6. The maximum Gasteiger partial charge on any atom is 0.327 e. The van der Waals surface area contributed by atoms with E-state index in [1.54, 1.807) is 20.2 Å². The lowest BCUT2D eigenvalue weighted by Gasteiger charge is -2.48. The predicted molar refractivity (Wildman–Crippen MR) is 138 cm³/mol. The van der Waals surface area contributed by atoms with E-state index in [4.69, 9.17) is 24.2 Å². The van der Waals surface area contributed by atoms with Crippen molar-refractivity contribution in [2.75, 3.05) is 40.6 Å². The van der Waals surface area contributed by atoms with Crippen molar-refractivity contribution in [3.8, 4) is 0 Å². The third-order valence-corrected chi connectivity index (χ3v) is 7.79. The van der Waals surface area contributed by atoms with Crippen molar-refractivity contribution < 1.29 is 43.3 Å². The van der Waals surface area contributed by atoms with E-state index < -0.39 is 47.7 Å². The number of likely N-dealkylation sites (N-methyl/N-ethyl adjacent to an activating group) is 1. The second-order valence-corrected chi connectivity index (χ2v) is 10.4. The predicted octanol–water partition coefficient (Wildman–Crippen LogP) is -1.06. The minimum absolute atomic E-state index is 0.00659. The van der Waals surface area contributed by atoms with E-state index in [1.165, 1.54) is 16.0 Å². The molecule has 0 spiro atoms. The Hall–Kier alpha value is -3.36. The third kappa shape index (κ3) is 5.10. The number of rotatable bonds is 10. The molecular weight excluding hydrogens is 524 g/mol. The number of aliphatic hydroxyl groups is 1. The Labute approximate surface area is 231 Å². The molecule has 6 atom stereocenters. The fourth-order valence-corrected chi connectivity index (χ4v) is 5.89. The van der Waals surface area contributed by atoms with Gasteiger partial charge in [0, 0.05) is 46.1 Å². The van der Waals surface area contributed by atoms with Gasteiger partial charge in [-0.1, -0.05) is 24.3 Å². The first-order valence-corrected chi connectivity index (χ1v) is 13.3. The van der Waals surface area contributed by atoms with Gasteiger partial charge in [-0.2, -0.15) is 5.06 Å². The van der Waals surface area contributed by atoms with Crippen molar-refractivity contribution in [1.82, 2.24) is 20.6 Å². The van der Waals surface area contributed by atoms with Crippen molar-refractivity contribution in [2.45, 2.75) is 49.8 Å². The molecule has 40 heavy (non-hydrogen) atoms. The molecule has 13 heteroatoms. The molecule has 0 radical (unpaired) electrons. The average Bonchev–Trinajstić information content (AvgIpc) is 3.56. The van der Waals surface area contributed by atoms with Crippen LogP contribution >= 0.6 is 0 Å². The minimum atomic E-state index is -1.33. The number of hydrogen-bond donors (Lipinski definition) is 3. The summed E-state index contributed by atoms with van der Waals surface area (Å²) in [6, 6.07) is 6.32. The highest BCUT2D eigenvalue weighted by Crippen LogP contribution is 2.55. The van der Waals surface area contributed by atoms with Crippen molar-refractivity contribution in [1.29, 1.82) is 0 Å². The molecule has 13 nitrogen and oxygen atoms in total. The summed E-state index contributed by atoms with van der Waals surface area (Å²) < 4.78 is 17.3. The maximum atomic E-state index is 13.9. The largest absolute Gasteiger partial charge is 0.458 e. The molecule has 0 aromatic heterocycles. The molecular formula is C27H34N4O9. The minimum Gasteiger partial charge on any atom is -0.458 e. The number of aliphatic hydroxyl groups excluding tert-OH is 1. The topological polar surface area (TPSA) is 156 Å². The van der Waals surface area contributed by atoms with Crippen LogP contribution in [0.25, 0.3) is 6.08 Å². The lowest BCUT2D eigenvalue weighted by molar-refractivity contribution is -0.201. The highest BCUT2D eigenvalue weighted by Gasteiger charge is 2.74. The number of esters is 1. The van der Waals surface area contributed by atoms with Crippen LogP contribution in [0, 0.1) is 5.41 Å². The van der Waals surface area contributed by atoms with E-state index in [-0.39, 0.29) is 57.7 Å². The monoisotopic (exact) mass is 558 g/mol. The van der Waals surface area contributed by atoms with Crippen molar-refractivity contribution in [3.63, 3.8) is 0 Å². The molecule has 3 aliphatic heterocycles. The summed E-state index contributed by atoms with van der Waals surface area (Å²) in [5.41, 5.74) is 0.196. The highest BCUT2D eigenvalue weighted by molar-refractivity contribution is 5.94. The van der Waals surface area contributed by atoms with Gasteiger partial charge < -0.3 is 34.9 Å². The number of ether oxygens (including phenoxy) is 3. The van der Waals surface area contributed by atoms with E-state index in [2.05, 4.69) is 10.6 Å². The lowest BCUT2D eigenvalue weighted by Crippen LogP contribution is -2.69. The zero-order valence-electron chi connectivity index (χ0n) is 22.4. The van der Waals surface area contributed by atoms with Crippen LogP contribution in [0.5, 0.6) is 0 Å². The standard InChI is InChI=1S/C27H34N4O9/c1-30(2)20(34)8-7-16-5-3-4-6-17(16)14-31-23-25(35)39-18-13-27(23,24(40-31)22-21(18)37-15-38-22)26(36)29-10-9-19(33)28-11-12-32/h3-8,18,21-24,32H,9-15H2,1-2H3,(H,28,33)(H,29,36). The summed E-state index contributed by atoms with van der Waals surface area (Å²) in [6.07, 6.45) is 0.645. The van der Waals surface area contributed by atoms with E-state index in [9.17, 15) is 19.2 Å². The number of fused-ring (bicyclic) bond motifs is 4. The van der Waals surface area contributed by atoms with Crippen LogP contribution in [0.3, 0.4) is 0 Å². The van der Waals surface area contributed by atoms with Gasteiger partial charge in [0.25, 0.3) is 0 Å². The second kappa shape index (κ2) is 11.6. The van der Waals surface area contributed by atoms with E-state index in [1.807, 2.05) is 24.3 Å². The van der Waals surface area contributed by atoms with E-state index in [0.29, 0.717) is 0 Å². The molecule has 3 saturated heterocycles. The number of amides is 3. The molecule has 216 valence electrons. The van der Waals surface area contributed by atoms with Crippen LogP contribution in [0.1, 0.15) is 24.0 Å². The molecule has 1 aromatic rings. The Morgan fingerprint density at radius 1 is 1.15 bits per heavy atom. The van der Waals surface area contributed by atoms with E-state index in [0.717, 1.165) is 11.1 Å². The summed E-state index contributed by atoms with van der Waals surface area (Å²) in [7, 11) is 3.32. The molecule has 3 amide bonds. The quantitative estimate of drug-likeness (QED) is 0.239. The number of nitrogens with one attached hydrogen (secondary N) is 2. The Morgan fingerprint density at radius 2 is 1.93 bits per heavy atom. The summed E-state index contributed by atoms with van der Waals surface area (Å²) in [5.74, 6) is -1.52. The Bertz CT molecular complexity index is 1190. The fourth-order valence-electron chi connectivity index (χ4n) is 5.89. The maximum absolute atomic E-state index is 13.9. The number of carbonyl (C=O) groups excluding carboxylic acids is 4. The number of carbonyl (C=O) groups is 4. The molecule has 6 unspecified atom stereocenters. The van der Waals surface area contributed by atoms with Crippen LogP contribution in [0.2, 0.25) is 0 Å². The van der Waals surface area contributed by atoms with Gasteiger partial charge in [0.05, 0.1) is 13.2 Å². The zero-order valence-corrected chi connectivity index (χ0v) is 22.4. The lowest BCUT2D eigenvalue weighted by atomic mass is 9.62. The second-order valence-electron chi connectivity index (χ2n) is 10.4. The first kappa shape index (κ1) is 28.2. The average molecular weight is 559 g/mol. The van der Waals surface area contributed by atoms with Crippen LogP contribution < -0.4 is 10.6 Å². The van der Waals surface area contributed by atoms with Crippen LogP contribution in [-0.2, 0) is 44.8 Å². The Kier molecular flexibility index (Phi) is 8.19. The fraction of sp³-hybridized carbons (Fsp3) is 0.556. The number of hydroxylamine groups is 2. The van der Waals surface area contributed by atoms with Gasteiger partial charge in [-0.15, -0.1) is 0 Å². The van der Waals surface area contributed by atoms with Gasteiger partial charge in [0.1, 0.15) is 36.6 Å². The first-order chi connectivity index (χ1) is 19.3. The molecule has 1 aliphatic carbocycles. The Balaban J connectivity index is 1.41. The SMILES string of the molecule is CN(C)C(=O)C=Cc1ccccc1CN1OC2C3OCOC3C3CC2(C(=O)NCCC(=O)NCCO)C1C(=O)O3. The smallest absolute Gasteiger partial charge is 0.327 e. The summed E-state index contributed by atoms with van der Waals surface area (Å²) in [4.78, 5) is 59.3. The third-order valence-electron chi connectivity index (χ3n) is 7.79. The van der Waals surface area contributed by atoms with Crippen LogP contribution in [0.4, 0.5) is 0 Å². The van der Waals surface area contributed by atoms with Gasteiger partial charge in [-0.3, -0.25) is 24.0 Å². The molecule has 1 saturated carbocycles. The van der Waals surface area contributed by atoms with Gasteiger partial charge in [0.15, 0.2) is 6.04 Å². The van der Waals surface area contributed by atoms with Crippen molar-refractivity contribution in [2.24, 2.45) is 5.41 Å². The summed E-state index contributed by atoms with van der Waals surface area (Å²) >= 11 is 0. The van der Waals surface area contributed by atoms with E-state index >= 15 is 0 Å². The molecule has 5 rings (SSSR count). The van der Waals surface area contributed by atoms with Gasteiger partial charge in [0.2, 0.25) is 17.7 Å². The van der Waals surface area contributed by atoms with Gasteiger partial charge in [-0.25, -0.2) is 0 Å². The van der Waals surface area contributed by atoms with Gasteiger partial charge in [-0.05, 0) is 17.2 Å². The molecule has 3 heterocycles. The van der Waals surface area contributed by atoms with Crippen molar-refractivity contribution >= 4 is 29.8 Å². The van der Waals surface area contributed by atoms with Gasteiger partial charge >= 0.3 is 5.97 Å². The summed E-state index contributed by atoms with van der Waals surface area (Å²) in [6.45, 7) is 0.100. The highest BCUT2D eigenvalue weighted by atomic mass is 16.8. The van der Waals surface area contributed by atoms with Crippen molar-refractivity contribution in [3.05, 3.63) is 41.5 Å². The molecule has 4 aliphatic rings. The van der Waals surface area contributed by atoms with Crippen LogP contribution in [-0.4, -0.2) is 110 Å². The Morgan fingerprint density at radius 3 is 2.70 bits per heavy atom. The number of benzene rings is 1. The first-order valence-electron chi connectivity index (χ1n) is 13.3. The number of nitrogens with zero attached hydrogens (tertiary/aromatic N) is 2. The molecule has 4 fully saturated rings. The number of hydrogen-bond acceptors (Lipinski definition) is 10. The van der Waals surface area contributed by atoms with Crippen LogP contribution in [0.15, 0.2) is 30.3 Å². The molecule has 3 N–H and O–H groups in total. The molecule has 2 bridgehead atoms. The zero-order chi connectivity index (χ0) is 28.4. The molecule has 1 aromatic carbocycles. The summed E-state index contributed by atoms with van der Waals surface area (Å²) in [5, 5.41) is 15.7.